The molecule has 8 heteroatoms. The van der Waals surface area contributed by atoms with Gasteiger partial charge in [-0.25, -0.2) is 0 Å². The van der Waals surface area contributed by atoms with Gasteiger partial charge in [0, 0.05) is 56.6 Å². The van der Waals surface area contributed by atoms with Gasteiger partial charge in [-0.3, -0.25) is 19.7 Å². The van der Waals surface area contributed by atoms with Crippen LogP contribution in [-0.4, -0.2) is 47.8 Å². The molecule has 0 aliphatic carbocycles. The van der Waals surface area contributed by atoms with Crippen LogP contribution in [0.2, 0.25) is 0 Å². The molecule has 0 bridgehead atoms. The minimum atomic E-state index is -0.414. The first-order valence-electron chi connectivity index (χ1n) is 9.06. The number of anilines is 2. The van der Waals surface area contributed by atoms with Crippen molar-refractivity contribution in [2.75, 3.05) is 36.4 Å². The predicted molar refractivity (Wildman–Crippen MR) is 106 cm³/mol. The largest absolute Gasteiger partial charge is 0.368 e. The maximum absolute atomic E-state index is 12.6. The Hall–Kier alpha value is -3.42. The van der Waals surface area contributed by atoms with Crippen LogP contribution in [0.4, 0.5) is 17.1 Å². The second-order valence-electron chi connectivity index (χ2n) is 6.70. The Labute approximate surface area is 162 Å². The molecule has 0 aromatic heterocycles. The Balaban J connectivity index is 1.52. The third-order valence-corrected chi connectivity index (χ3v) is 4.69. The van der Waals surface area contributed by atoms with Gasteiger partial charge >= 0.3 is 0 Å². The van der Waals surface area contributed by atoms with E-state index in [1.807, 2.05) is 17.0 Å². The number of hydrogen-bond donors (Lipinski definition) is 1. The minimum absolute atomic E-state index is 0.0654. The van der Waals surface area contributed by atoms with Gasteiger partial charge in [0.2, 0.25) is 11.8 Å². The van der Waals surface area contributed by atoms with E-state index in [0.29, 0.717) is 38.3 Å². The Morgan fingerprint density at radius 3 is 2.14 bits per heavy atom. The summed E-state index contributed by atoms with van der Waals surface area (Å²) < 4.78 is 0. The summed E-state index contributed by atoms with van der Waals surface area (Å²) in [7, 11) is 0. The van der Waals surface area contributed by atoms with Crippen molar-refractivity contribution in [3.63, 3.8) is 0 Å². The Morgan fingerprint density at radius 1 is 1.00 bits per heavy atom. The Morgan fingerprint density at radius 2 is 1.61 bits per heavy atom. The van der Waals surface area contributed by atoms with Crippen LogP contribution in [0.3, 0.4) is 0 Å². The number of benzene rings is 2. The summed E-state index contributed by atoms with van der Waals surface area (Å²) in [6.07, 6.45) is 0.317. The van der Waals surface area contributed by atoms with E-state index < -0.39 is 4.92 Å². The number of non-ortho nitro benzene ring substituents is 1. The van der Waals surface area contributed by atoms with Crippen LogP contribution in [0.15, 0.2) is 48.5 Å². The molecule has 2 aromatic rings. The smallest absolute Gasteiger partial charge is 0.269 e. The highest BCUT2D eigenvalue weighted by molar-refractivity contribution is 5.88. The number of rotatable bonds is 5. The SMILES string of the molecule is CC(=O)Nc1ccc(CC(=O)N2CCN(c3ccc([N+](=O)[O-])cc3)CC2)cc1. The summed E-state index contributed by atoms with van der Waals surface area (Å²) in [6.45, 7) is 4.05. The highest BCUT2D eigenvalue weighted by Gasteiger charge is 2.21. The second-order valence-corrected chi connectivity index (χ2v) is 6.70. The normalized spacial score (nSPS) is 13.9. The molecule has 1 N–H and O–H groups in total. The van der Waals surface area contributed by atoms with E-state index in [0.717, 1.165) is 11.3 Å². The van der Waals surface area contributed by atoms with E-state index in [2.05, 4.69) is 10.2 Å². The van der Waals surface area contributed by atoms with Crippen molar-refractivity contribution in [2.45, 2.75) is 13.3 Å². The first-order valence-corrected chi connectivity index (χ1v) is 9.06. The number of amides is 2. The van der Waals surface area contributed by atoms with Crippen LogP contribution < -0.4 is 10.2 Å². The summed E-state index contributed by atoms with van der Waals surface area (Å²) in [5.41, 5.74) is 2.60. The van der Waals surface area contributed by atoms with Gasteiger partial charge in [-0.05, 0) is 29.8 Å². The predicted octanol–water partition coefficient (Wildman–Crippen LogP) is 2.44. The summed E-state index contributed by atoms with van der Waals surface area (Å²) in [5, 5.41) is 13.5. The van der Waals surface area contributed by atoms with Crippen molar-refractivity contribution in [3.8, 4) is 0 Å². The molecule has 28 heavy (non-hydrogen) atoms. The maximum atomic E-state index is 12.6. The zero-order valence-electron chi connectivity index (χ0n) is 15.6. The number of carbonyl (C=O) groups excluding carboxylic acids is 2. The molecular weight excluding hydrogens is 360 g/mol. The fourth-order valence-electron chi connectivity index (χ4n) is 3.19. The average Bonchev–Trinajstić information content (AvgIpc) is 2.69. The first-order chi connectivity index (χ1) is 13.4. The average molecular weight is 382 g/mol. The topological polar surface area (TPSA) is 95.8 Å². The van der Waals surface area contributed by atoms with Crippen LogP contribution in [0.25, 0.3) is 0 Å². The molecule has 1 heterocycles. The lowest BCUT2D eigenvalue weighted by Crippen LogP contribution is -2.49. The first kappa shape index (κ1) is 19.3. The number of nitro benzene ring substituents is 1. The zero-order valence-corrected chi connectivity index (χ0v) is 15.6. The van der Waals surface area contributed by atoms with Crippen molar-refractivity contribution < 1.29 is 14.5 Å². The molecule has 2 aromatic carbocycles. The fourth-order valence-corrected chi connectivity index (χ4v) is 3.19. The molecule has 0 radical (unpaired) electrons. The van der Waals surface area contributed by atoms with E-state index in [4.69, 9.17) is 0 Å². The number of nitro groups is 1. The quantitative estimate of drug-likeness (QED) is 0.633. The third kappa shape index (κ3) is 4.85. The molecule has 1 fully saturated rings. The van der Waals surface area contributed by atoms with Gasteiger partial charge in [0.05, 0.1) is 11.3 Å². The van der Waals surface area contributed by atoms with Gasteiger partial charge in [-0.15, -0.1) is 0 Å². The monoisotopic (exact) mass is 382 g/mol. The van der Waals surface area contributed by atoms with Gasteiger partial charge in [0.15, 0.2) is 0 Å². The van der Waals surface area contributed by atoms with Crippen molar-refractivity contribution in [1.82, 2.24) is 4.90 Å². The van der Waals surface area contributed by atoms with Crippen molar-refractivity contribution in [1.29, 1.82) is 0 Å². The molecule has 2 amide bonds. The summed E-state index contributed by atoms with van der Waals surface area (Å²) in [4.78, 5) is 37.9. The lowest BCUT2D eigenvalue weighted by molar-refractivity contribution is -0.384. The van der Waals surface area contributed by atoms with Crippen molar-refractivity contribution in [3.05, 3.63) is 64.2 Å². The molecule has 1 aliphatic rings. The summed E-state index contributed by atoms with van der Waals surface area (Å²) in [6, 6.07) is 13.7. The van der Waals surface area contributed by atoms with Crippen LogP contribution in [0, 0.1) is 10.1 Å². The molecule has 1 aliphatic heterocycles. The number of hydrogen-bond acceptors (Lipinski definition) is 5. The summed E-state index contributed by atoms with van der Waals surface area (Å²) in [5.74, 6) is -0.0645. The van der Waals surface area contributed by atoms with Crippen LogP contribution in [0.5, 0.6) is 0 Å². The molecule has 0 spiro atoms. The molecule has 0 atom stereocenters. The lowest BCUT2D eigenvalue weighted by atomic mass is 10.1. The molecular formula is C20H22N4O4. The number of carbonyl (C=O) groups is 2. The van der Waals surface area contributed by atoms with Gasteiger partial charge < -0.3 is 15.1 Å². The lowest BCUT2D eigenvalue weighted by Gasteiger charge is -2.36. The molecule has 1 saturated heterocycles. The van der Waals surface area contributed by atoms with E-state index in [9.17, 15) is 19.7 Å². The molecule has 146 valence electrons. The molecule has 3 rings (SSSR count). The third-order valence-electron chi connectivity index (χ3n) is 4.69. The van der Waals surface area contributed by atoms with E-state index in [-0.39, 0.29) is 17.5 Å². The Kier molecular flexibility index (Phi) is 5.88. The van der Waals surface area contributed by atoms with Crippen LogP contribution >= 0.6 is 0 Å². The summed E-state index contributed by atoms with van der Waals surface area (Å²) >= 11 is 0. The van der Waals surface area contributed by atoms with Crippen LogP contribution in [-0.2, 0) is 16.0 Å². The van der Waals surface area contributed by atoms with Gasteiger partial charge in [-0.2, -0.15) is 0 Å². The van der Waals surface area contributed by atoms with Crippen molar-refractivity contribution >= 4 is 28.9 Å². The minimum Gasteiger partial charge on any atom is -0.368 e. The number of piperazine rings is 1. The van der Waals surface area contributed by atoms with Gasteiger partial charge in [0.25, 0.3) is 5.69 Å². The van der Waals surface area contributed by atoms with Crippen LogP contribution in [0.1, 0.15) is 12.5 Å². The second kappa shape index (κ2) is 8.51. The van der Waals surface area contributed by atoms with E-state index in [1.165, 1.54) is 19.1 Å². The highest BCUT2D eigenvalue weighted by atomic mass is 16.6. The number of nitrogens with zero attached hydrogens (tertiary/aromatic N) is 3. The Bertz CT molecular complexity index is 857. The fraction of sp³-hybridized carbons (Fsp3) is 0.300. The maximum Gasteiger partial charge on any atom is 0.269 e. The van der Waals surface area contributed by atoms with E-state index in [1.54, 1.807) is 24.3 Å². The molecule has 8 nitrogen and oxygen atoms in total. The zero-order chi connectivity index (χ0) is 20.1. The number of nitrogens with one attached hydrogen (secondary N) is 1. The van der Waals surface area contributed by atoms with Crippen molar-refractivity contribution in [2.24, 2.45) is 0 Å². The molecule has 0 unspecified atom stereocenters. The molecule has 0 saturated carbocycles. The van der Waals surface area contributed by atoms with Gasteiger partial charge in [0.1, 0.15) is 0 Å². The van der Waals surface area contributed by atoms with E-state index >= 15 is 0 Å². The standard InChI is InChI=1S/C20H22N4O4/c1-15(25)21-17-4-2-16(3-5-17)14-20(26)23-12-10-22(11-13-23)18-6-8-19(9-7-18)24(27)28/h2-9H,10-14H2,1H3,(H,21,25). The van der Waals surface area contributed by atoms with Gasteiger partial charge in [-0.1, -0.05) is 12.1 Å². The highest BCUT2D eigenvalue weighted by Crippen LogP contribution is 2.21.